The van der Waals surface area contributed by atoms with E-state index in [1.807, 2.05) is 26.0 Å². The summed E-state index contributed by atoms with van der Waals surface area (Å²) in [6.45, 7) is 4.96. The van der Waals surface area contributed by atoms with Crippen molar-refractivity contribution in [2.24, 2.45) is 0 Å². The van der Waals surface area contributed by atoms with Crippen molar-refractivity contribution in [3.05, 3.63) is 29.8 Å². The molecule has 0 spiro atoms. The standard InChI is InChI=1S/C12H15NO2/c1-10(2)14-7-8-15-12-6-4-3-5-11(12)9-13/h3-6,10H,7-8H2,1-2H3. The summed E-state index contributed by atoms with van der Waals surface area (Å²) >= 11 is 0. The van der Waals surface area contributed by atoms with E-state index in [-0.39, 0.29) is 6.10 Å². The highest BCUT2D eigenvalue weighted by Gasteiger charge is 2.01. The first-order valence-corrected chi connectivity index (χ1v) is 4.97. The van der Waals surface area contributed by atoms with Crippen molar-refractivity contribution in [1.29, 1.82) is 5.26 Å². The largest absolute Gasteiger partial charge is 0.490 e. The van der Waals surface area contributed by atoms with Crippen LogP contribution in [0.5, 0.6) is 5.75 Å². The van der Waals surface area contributed by atoms with Gasteiger partial charge in [-0.05, 0) is 26.0 Å². The molecule has 0 aromatic heterocycles. The van der Waals surface area contributed by atoms with Crippen LogP contribution in [0.1, 0.15) is 19.4 Å². The quantitative estimate of drug-likeness (QED) is 0.693. The van der Waals surface area contributed by atoms with E-state index in [9.17, 15) is 0 Å². The van der Waals surface area contributed by atoms with E-state index >= 15 is 0 Å². The molecule has 0 unspecified atom stereocenters. The van der Waals surface area contributed by atoms with E-state index in [0.29, 0.717) is 24.5 Å². The maximum Gasteiger partial charge on any atom is 0.137 e. The van der Waals surface area contributed by atoms with Crippen molar-refractivity contribution in [3.63, 3.8) is 0 Å². The third kappa shape index (κ3) is 4.01. The molecule has 1 aromatic carbocycles. The highest BCUT2D eigenvalue weighted by molar-refractivity contribution is 5.42. The van der Waals surface area contributed by atoms with Crippen LogP contribution >= 0.6 is 0 Å². The zero-order valence-corrected chi connectivity index (χ0v) is 9.06. The second-order valence-electron chi connectivity index (χ2n) is 3.38. The Bertz CT molecular complexity index is 342. The summed E-state index contributed by atoms with van der Waals surface area (Å²) in [5.74, 6) is 0.618. The predicted octanol–water partition coefficient (Wildman–Crippen LogP) is 2.36. The number of nitriles is 1. The first-order chi connectivity index (χ1) is 7.24. The Kier molecular flexibility index (Phi) is 4.65. The van der Waals surface area contributed by atoms with Crippen molar-refractivity contribution in [2.75, 3.05) is 13.2 Å². The van der Waals surface area contributed by atoms with Gasteiger partial charge in [0.2, 0.25) is 0 Å². The monoisotopic (exact) mass is 205 g/mol. The van der Waals surface area contributed by atoms with E-state index in [1.165, 1.54) is 0 Å². The number of nitrogens with zero attached hydrogens (tertiary/aromatic N) is 1. The minimum absolute atomic E-state index is 0.208. The molecule has 0 aliphatic rings. The van der Waals surface area contributed by atoms with Crippen molar-refractivity contribution in [1.82, 2.24) is 0 Å². The summed E-state index contributed by atoms with van der Waals surface area (Å²) in [7, 11) is 0. The van der Waals surface area contributed by atoms with Crippen LogP contribution in [0.15, 0.2) is 24.3 Å². The van der Waals surface area contributed by atoms with Gasteiger partial charge in [0.1, 0.15) is 18.4 Å². The van der Waals surface area contributed by atoms with Crippen LogP contribution in [0, 0.1) is 11.3 Å². The van der Waals surface area contributed by atoms with Crippen molar-refractivity contribution in [2.45, 2.75) is 20.0 Å². The van der Waals surface area contributed by atoms with Gasteiger partial charge in [-0.2, -0.15) is 5.26 Å². The summed E-state index contributed by atoms with van der Waals surface area (Å²) in [6, 6.07) is 9.26. The Labute approximate surface area is 90.2 Å². The highest BCUT2D eigenvalue weighted by Crippen LogP contribution is 2.16. The van der Waals surface area contributed by atoms with Crippen molar-refractivity contribution in [3.8, 4) is 11.8 Å². The molecule has 0 saturated carbocycles. The average Bonchev–Trinajstić information content (AvgIpc) is 2.24. The van der Waals surface area contributed by atoms with Gasteiger partial charge >= 0.3 is 0 Å². The lowest BCUT2D eigenvalue weighted by Crippen LogP contribution is -2.11. The fourth-order valence-corrected chi connectivity index (χ4v) is 1.12. The molecule has 0 radical (unpaired) electrons. The van der Waals surface area contributed by atoms with Crippen LogP contribution in [0.2, 0.25) is 0 Å². The number of hydrogen-bond donors (Lipinski definition) is 0. The van der Waals surface area contributed by atoms with Crippen molar-refractivity contribution >= 4 is 0 Å². The van der Waals surface area contributed by atoms with Gasteiger partial charge in [0.15, 0.2) is 0 Å². The molecule has 0 aliphatic heterocycles. The lowest BCUT2D eigenvalue weighted by molar-refractivity contribution is 0.0552. The molecule has 1 aromatic rings. The molecule has 0 aliphatic carbocycles. The molecule has 0 fully saturated rings. The van der Waals surface area contributed by atoms with Crippen molar-refractivity contribution < 1.29 is 9.47 Å². The molecular weight excluding hydrogens is 190 g/mol. The summed E-state index contributed by atoms with van der Waals surface area (Å²) < 4.78 is 10.8. The molecule has 3 nitrogen and oxygen atoms in total. The molecule has 80 valence electrons. The first kappa shape index (κ1) is 11.5. The first-order valence-electron chi connectivity index (χ1n) is 4.97. The molecule has 15 heavy (non-hydrogen) atoms. The molecular formula is C12H15NO2. The molecule has 0 N–H and O–H groups in total. The van der Waals surface area contributed by atoms with Gasteiger partial charge in [0.25, 0.3) is 0 Å². The van der Waals surface area contributed by atoms with Gasteiger partial charge in [-0.15, -0.1) is 0 Å². The van der Waals surface area contributed by atoms with E-state index in [0.717, 1.165) is 0 Å². The summed E-state index contributed by atoms with van der Waals surface area (Å²) in [4.78, 5) is 0. The third-order valence-corrected chi connectivity index (χ3v) is 1.80. The Hall–Kier alpha value is -1.53. The van der Waals surface area contributed by atoms with Gasteiger partial charge in [0, 0.05) is 0 Å². The zero-order chi connectivity index (χ0) is 11.1. The lowest BCUT2D eigenvalue weighted by atomic mass is 10.2. The van der Waals surface area contributed by atoms with E-state index in [1.54, 1.807) is 12.1 Å². The number of hydrogen-bond acceptors (Lipinski definition) is 3. The molecule has 3 heteroatoms. The number of para-hydroxylation sites is 1. The van der Waals surface area contributed by atoms with E-state index in [4.69, 9.17) is 14.7 Å². The summed E-state index contributed by atoms with van der Waals surface area (Å²) in [5, 5.41) is 8.80. The van der Waals surface area contributed by atoms with Gasteiger partial charge in [-0.25, -0.2) is 0 Å². The molecule has 0 saturated heterocycles. The normalized spacial score (nSPS) is 10.0. The topological polar surface area (TPSA) is 42.2 Å². The SMILES string of the molecule is CC(C)OCCOc1ccccc1C#N. The number of benzene rings is 1. The van der Waals surface area contributed by atoms with Crippen LogP contribution in [-0.4, -0.2) is 19.3 Å². The zero-order valence-electron chi connectivity index (χ0n) is 9.06. The maximum absolute atomic E-state index is 8.80. The van der Waals surface area contributed by atoms with E-state index in [2.05, 4.69) is 6.07 Å². The fourth-order valence-electron chi connectivity index (χ4n) is 1.12. The molecule has 0 heterocycles. The Balaban J connectivity index is 2.41. The molecule has 1 rings (SSSR count). The van der Waals surface area contributed by atoms with Gasteiger partial charge in [0.05, 0.1) is 18.3 Å². The van der Waals surface area contributed by atoms with Crippen LogP contribution in [-0.2, 0) is 4.74 Å². The van der Waals surface area contributed by atoms with Crippen LogP contribution < -0.4 is 4.74 Å². The van der Waals surface area contributed by atoms with Crippen LogP contribution in [0.25, 0.3) is 0 Å². The van der Waals surface area contributed by atoms with Crippen LogP contribution in [0.3, 0.4) is 0 Å². The van der Waals surface area contributed by atoms with Gasteiger partial charge < -0.3 is 9.47 Å². The Morgan fingerprint density at radius 1 is 1.27 bits per heavy atom. The summed E-state index contributed by atoms with van der Waals surface area (Å²) in [6.07, 6.45) is 0.208. The van der Waals surface area contributed by atoms with Crippen LogP contribution in [0.4, 0.5) is 0 Å². The second kappa shape index (κ2) is 6.05. The fraction of sp³-hybridized carbons (Fsp3) is 0.417. The van der Waals surface area contributed by atoms with Gasteiger partial charge in [-0.3, -0.25) is 0 Å². The molecule has 0 atom stereocenters. The van der Waals surface area contributed by atoms with Gasteiger partial charge in [-0.1, -0.05) is 12.1 Å². The Morgan fingerprint density at radius 2 is 2.00 bits per heavy atom. The third-order valence-electron chi connectivity index (χ3n) is 1.80. The summed E-state index contributed by atoms with van der Waals surface area (Å²) in [5.41, 5.74) is 0.557. The lowest BCUT2D eigenvalue weighted by Gasteiger charge is -2.09. The minimum Gasteiger partial charge on any atom is -0.490 e. The smallest absolute Gasteiger partial charge is 0.137 e. The predicted molar refractivity (Wildman–Crippen MR) is 57.7 cm³/mol. The minimum atomic E-state index is 0.208. The maximum atomic E-state index is 8.80. The molecule has 0 bridgehead atoms. The Morgan fingerprint density at radius 3 is 2.67 bits per heavy atom. The number of ether oxygens (including phenoxy) is 2. The highest BCUT2D eigenvalue weighted by atomic mass is 16.5. The molecule has 0 amide bonds. The second-order valence-corrected chi connectivity index (χ2v) is 3.38. The average molecular weight is 205 g/mol. The van der Waals surface area contributed by atoms with E-state index < -0.39 is 0 Å². The number of rotatable bonds is 5.